The van der Waals surface area contributed by atoms with Crippen LogP contribution in [0.5, 0.6) is 0 Å². The molecule has 182 valence electrons. The molecule has 0 bridgehead atoms. The molecule has 5 N–H and O–H groups in total. The maximum atomic E-state index is 13.1. The second-order valence-electron chi connectivity index (χ2n) is 7.97. The summed E-state index contributed by atoms with van der Waals surface area (Å²) in [6, 6.07) is 8.41. The lowest BCUT2D eigenvalue weighted by molar-refractivity contribution is -0.142. The van der Waals surface area contributed by atoms with Crippen LogP contribution in [-0.4, -0.2) is 66.3 Å². The van der Waals surface area contributed by atoms with Crippen molar-refractivity contribution >= 4 is 29.1 Å². The van der Waals surface area contributed by atoms with Crippen molar-refractivity contribution < 1.29 is 19.1 Å². The molecule has 1 aliphatic heterocycles. The Labute approximate surface area is 202 Å². The number of rotatable bonds is 7. The van der Waals surface area contributed by atoms with E-state index < -0.39 is 17.9 Å². The van der Waals surface area contributed by atoms with E-state index in [4.69, 9.17) is 16.2 Å². The number of nitrogens with one attached hydrogen (secondary N) is 1. The van der Waals surface area contributed by atoms with Gasteiger partial charge in [-0.05, 0) is 18.1 Å². The van der Waals surface area contributed by atoms with Gasteiger partial charge in [-0.2, -0.15) is 0 Å². The SMILES string of the molecule is COC(=O)C(N)Cc1ccc(-c2cnc(N)c(C(=O)Nc3cnccc3N3CCOCC3)n2)cc1. The number of amides is 1. The van der Waals surface area contributed by atoms with Crippen LogP contribution >= 0.6 is 0 Å². The van der Waals surface area contributed by atoms with Crippen LogP contribution in [0.2, 0.25) is 0 Å². The zero-order chi connectivity index (χ0) is 24.8. The zero-order valence-electron chi connectivity index (χ0n) is 19.3. The van der Waals surface area contributed by atoms with E-state index in [0.29, 0.717) is 44.1 Å². The van der Waals surface area contributed by atoms with E-state index in [1.54, 1.807) is 12.4 Å². The molecular formula is C24H27N7O4. The highest BCUT2D eigenvalue weighted by Gasteiger charge is 2.20. The lowest BCUT2D eigenvalue weighted by Crippen LogP contribution is -2.36. The van der Waals surface area contributed by atoms with E-state index in [2.05, 4.69) is 29.9 Å². The molecule has 1 atom stereocenters. The van der Waals surface area contributed by atoms with Gasteiger partial charge in [0.25, 0.3) is 5.91 Å². The number of esters is 1. The molecule has 1 aliphatic rings. The minimum absolute atomic E-state index is 0.0103. The number of pyridine rings is 1. The number of nitrogen functional groups attached to an aromatic ring is 1. The second-order valence-corrected chi connectivity index (χ2v) is 7.97. The highest BCUT2D eigenvalue weighted by molar-refractivity contribution is 6.07. The Hall–Kier alpha value is -4.09. The van der Waals surface area contributed by atoms with Crippen LogP contribution in [0.4, 0.5) is 17.2 Å². The Morgan fingerprint density at radius 1 is 1.17 bits per heavy atom. The maximum absolute atomic E-state index is 13.1. The second kappa shape index (κ2) is 10.9. The van der Waals surface area contributed by atoms with Crippen molar-refractivity contribution in [2.45, 2.75) is 12.5 Å². The zero-order valence-corrected chi connectivity index (χ0v) is 19.3. The fourth-order valence-electron chi connectivity index (χ4n) is 3.75. The highest BCUT2D eigenvalue weighted by Crippen LogP contribution is 2.27. The van der Waals surface area contributed by atoms with Crippen molar-refractivity contribution in [3.63, 3.8) is 0 Å². The third-order valence-corrected chi connectivity index (χ3v) is 5.62. The van der Waals surface area contributed by atoms with Crippen molar-refractivity contribution in [3.05, 3.63) is 60.2 Å². The molecule has 1 aromatic carbocycles. The van der Waals surface area contributed by atoms with Crippen LogP contribution in [0, 0.1) is 0 Å². The van der Waals surface area contributed by atoms with Gasteiger partial charge in [-0.3, -0.25) is 14.6 Å². The summed E-state index contributed by atoms with van der Waals surface area (Å²) >= 11 is 0. The molecule has 11 nitrogen and oxygen atoms in total. The average molecular weight is 478 g/mol. The number of hydrogen-bond donors (Lipinski definition) is 3. The molecule has 35 heavy (non-hydrogen) atoms. The predicted octanol–water partition coefficient (Wildman–Crippen LogP) is 1.25. The van der Waals surface area contributed by atoms with Gasteiger partial charge in [0.1, 0.15) is 6.04 Å². The molecule has 0 radical (unpaired) electrons. The van der Waals surface area contributed by atoms with Gasteiger partial charge in [-0.1, -0.05) is 24.3 Å². The maximum Gasteiger partial charge on any atom is 0.322 e. The Balaban J connectivity index is 1.52. The molecule has 0 saturated carbocycles. The Bertz CT molecular complexity index is 1200. The van der Waals surface area contributed by atoms with Gasteiger partial charge >= 0.3 is 5.97 Å². The molecule has 0 aliphatic carbocycles. The minimum Gasteiger partial charge on any atom is -0.468 e. The molecule has 0 spiro atoms. The molecule has 1 amide bonds. The largest absolute Gasteiger partial charge is 0.468 e. The van der Waals surface area contributed by atoms with Crippen molar-refractivity contribution in [1.29, 1.82) is 0 Å². The van der Waals surface area contributed by atoms with Crippen molar-refractivity contribution in [1.82, 2.24) is 15.0 Å². The van der Waals surface area contributed by atoms with Crippen LogP contribution in [0.1, 0.15) is 16.1 Å². The Kier molecular flexibility index (Phi) is 7.48. The van der Waals surface area contributed by atoms with Gasteiger partial charge in [-0.15, -0.1) is 0 Å². The first-order chi connectivity index (χ1) is 17.0. The summed E-state index contributed by atoms with van der Waals surface area (Å²) in [5, 5.41) is 2.87. The number of benzene rings is 1. The van der Waals surface area contributed by atoms with E-state index in [0.717, 1.165) is 16.8 Å². The van der Waals surface area contributed by atoms with Crippen LogP contribution in [0.3, 0.4) is 0 Å². The third kappa shape index (κ3) is 5.70. The minimum atomic E-state index is -0.743. The average Bonchev–Trinajstić information content (AvgIpc) is 2.89. The van der Waals surface area contributed by atoms with E-state index in [9.17, 15) is 9.59 Å². The van der Waals surface area contributed by atoms with Crippen molar-refractivity contribution in [2.75, 3.05) is 49.4 Å². The lowest BCUT2D eigenvalue weighted by Gasteiger charge is -2.30. The number of carbonyl (C=O) groups excluding carboxylic acids is 2. The number of aromatic nitrogens is 3. The summed E-state index contributed by atoms with van der Waals surface area (Å²) < 4.78 is 10.1. The van der Waals surface area contributed by atoms with Crippen molar-refractivity contribution in [2.24, 2.45) is 5.73 Å². The topological polar surface area (TPSA) is 159 Å². The van der Waals surface area contributed by atoms with Crippen molar-refractivity contribution in [3.8, 4) is 11.3 Å². The summed E-state index contributed by atoms with van der Waals surface area (Å²) in [6.07, 6.45) is 5.11. The normalized spacial score (nSPS) is 14.3. The highest BCUT2D eigenvalue weighted by atomic mass is 16.5. The predicted molar refractivity (Wildman–Crippen MR) is 131 cm³/mol. The van der Waals surface area contributed by atoms with Crippen LogP contribution in [-0.2, 0) is 20.7 Å². The summed E-state index contributed by atoms with van der Waals surface area (Å²) in [5.74, 6) is -0.941. The fourth-order valence-corrected chi connectivity index (χ4v) is 3.75. The van der Waals surface area contributed by atoms with E-state index in [1.165, 1.54) is 13.3 Å². The summed E-state index contributed by atoms with van der Waals surface area (Å²) in [5.41, 5.74) is 15.3. The summed E-state index contributed by atoms with van der Waals surface area (Å²) in [6.45, 7) is 2.66. The number of carbonyl (C=O) groups is 2. The number of anilines is 3. The molecule has 4 rings (SSSR count). The first-order valence-electron chi connectivity index (χ1n) is 11.1. The third-order valence-electron chi connectivity index (χ3n) is 5.62. The summed E-state index contributed by atoms with van der Waals surface area (Å²) in [7, 11) is 1.30. The number of nitrogens with zero attached hydrogens (tertiary/aromatic N) is 4. The number of morpholine rings is 1. The molecule has 1 unspecified atom stereocenters. The monoisotopic (exact) mass is 477 g/mol. The first-order valence-corrected chi connectivity index (χ1v) is 11.1. The van der Waals surface area contributed by atoms with E-state index in [-0.39, 0.29) is 11.5 Å². The van der Waals surface area contributed by atoms with Gasteiger partial charge in [-0.25, -0.2) is 9.97 Å². The van der Waals surface area contributed by atoms with Gasteiger partial charge in [0.15, 0.2) is 11.5 Å². The molecule has 1 fully saturated rings. The van der Waals surface area contributed by atoms with Gasteiger partial charge < -0.3 is 31.2 Å². The lowest BCUT2D eigenvalue weighted by atomic mass is 10.0. The number of nitrogens with two attached hydrogens (primary N) is 2. The number of ether oxygens (including phenoxy) is 2. The molecule has 2 aromatic heterocycles. The molecule has 3 aromatic rings. The standard InChI is InChI=1S/C24H27N7O4/c1-34-24(33)17(25)12-15-2-4-16(5-3-15)18-14-28-22(26)21(29-18)23(32)30-19-13-27-7-6-20(19)31-8-10-35-11-9-31/h2-7,13-14,17H,8-12,25H2,1H3,(H2,26,28)(H,30,32). The Morgan fingerprint density at radius 2 is 1.91 bits per heavy atom. The summed E-state index contributed by atoms with van der Waals surface area (Å²) in [4.78, 5) is 39.5. The fraction of sp³-hybridized carbons (Fsp3) is 0.292. The van der Waals surface area contributed by atoms with E-state index >= 15 is 0 Å². The van der Waals surface area contributed by atoms with Crippen LogP contribution < -0.4 is 21.7 Å². The van der Waals surface area contributed by atoms with Crippen LogP contribution in [0.25, 0.3) is 11.3 Å². The molecular weight excluding hydrogens is 450 g/mol. The quantitative estimate of drug-likeness (QED) is 0.423. The Morgan fingerprint density at radius 3 is 2.63 bits per heavy atom. The van der Waals surface area contributed by atoms with Gasteiger partial charge in [0, 0.05) is 24.8 Å². The molecule has 1 saturated heterocycles. The van der Waals surface area contributed by atoms with E-state index in [1.807, 2.05) is 30.3 Å². The number of methoxy groups -OCH3 is 1. The molecule has 11 heteroatoms. The molecule has 3 heterocycles. The van der Waals surface area contributed by atoms with Crippen LogP contribution in [0.15, 0.2) is 48.9 Å². The first kappa shape index (κ1) is 24.0. The van der Waals surface area contributed by atoms with Gasteiger partial charge in [0.2, 0.25) is 0 Å². The van der Waals surface area contributed by atoms with Gasteiger partial charge in [0.05, 0.1) is 49.8 Å². The smallest absolute Gasteiger partial charge is 0.322 e. The number of hydrogen-bond acceptors (Lipinski definition) is 10.